The molecule has 0 unspecified atom stereocenters. The van der Waals surface area contributed by atoms with Gasteiger partial charge in [-0.2, -0.15) is 8.42 Å². The van der Waals surface area contributed by atoms with Crippen molar-refractivity contribution in [2.24, 2.45) is 0 Å². The van der Waals surface area contributed by atoms with Crippen molar-refractivity contribution in [1.82, 2.24) is 14.4 Å². The SMILES string of the molecule is CS(=O)(=O)OCCCCSc1nccc2nccn12. The third-order valence-electron chi connectivity index (χ3n) is 2.35. The van der Waals surface area contributed by atoms with Gasteiger partial charge in [-0.3, -0.25) is 8.58 Å². The van der Waals surface area contributed by atoms with Crippen molar-refractivity contribution in [3.8, 4) is 0 Å². The van der Waals surface area contributed by atoms with Crippen molar-refractivity contribution >= 4 is 27.5 Å². The summed E-state index contributed by atoms with van der Waals surface area (Å²) in [6.07, 6.45) is 7.98. The number of fused-ring (bicyclic) bond motifs is 1. The predicted molar refractivity (Wildman–Crippen MR) is 73.7 cm³/mol. The van der Waals surface area contributed by atoms with Crippen molar-refractivity contribution in [1.29, 1.82) is 0 Å². The Hall–Kier alpha value is -1.12. The van der Waals surface area contributed by atoms with E-state index in [1.165, 1.54) is 0 Å². The minimum Gasteiger partial charge on any atom is -0.279 e. The van der Waals surface area contributed by atoms with Gasteiger partial charge in [-0.1, -0.05) is 11.8 Å². The van der Waals surface area contributed by atoms with E-state index in [4.69, 9.17) is 0 Å². The van der Waals surface area contributed by atoms with Crippen LogP contribution in [0.2, 0.25) is 0 Å². The molecule has 2 aromatic heterocycles. The maximum Gasteiger partial charge on any atom is 0.264 e. The predicted octanol–water partition coefficient (Wildman–Crippen LogP) is 1.58. The quantitative estimate of drug-likeness (QED) is 0.334. The summed E-state index contributed by atoms with van der Waals surface area (Å²) in [6, 6.07) is 1.85. The van der Waals surface area contributed by atoms with Gasteiger partial charge in [-0.05, 0) is 18.9 Å². The van der Waals surface area contributed by atoms with E-state index in [9.17, 15) is 8.42 Å². The second-order valence-corrected chi connectivity index (χ2v) is 6.67. The van der Waals surface area contributed by atoms with E-state index in [0.29, 0.717) is 6.42 Å². The first-order valence-electron chi connectivity index (χ1n) is 5.81. The molecule has 0 saturated carbocycles. The molecule has 0 fully saturated rings. The minimum atomic E-state index is -3.32. The Labute approximate surface area is 116 Å². The van der Waals surface area contributed by atoms with Crippen LogP contribution < -0.4 is 0 Å². The van der Waals surface area contributed by atoms with E-state index in [0.717, 1.165) is 29.2 Å². The molecule has 6 nitrogen and oxygen atoms in total. The molecule has 0 radical (unpaired) electrons. The molecule has 0 amide bonds. The van der Waals surface area contributed by atoms with E-state index >= 15 is 0 Å². The van der Waals surface area contributed by atoms with Crippen molar-refractivity contribution < 1.29 is 12.6 Å². The van der Waals surface area contributed by atoms with Crippen LogP contribution in [0.15, 0.2) is 29.8 Å². The highest BCUT2D eigenvalue weighted by atomic mass is 32.2. The molecule has 2 aromatic rings. The molecule has 104 valence electrons. The second kappa shape index (κ2) is 6.36. The van der Waals surface area contributed by atoms with Gasteiger partial charge in [0.15, 0.2) is 5.16 Å². The molecule has 0 aliphatic heterocycles. The number of rotatable bonds is 7. The summed E-state index contributed by atoms with van der Waals surface area (Å²) in [6.45, 7) is 0.238. The Morgan fingerprint density at radius 2 is 2.16 bits per heavy atom. The number of hydrogen-bond acceptors (Lipinski definition) is 6. The van der Waals surface area contributed by atoms with Crippen LogP contribution in [0.5, 0.6) is 0 Å². The Balaban J connectivity index is 1.76. The zero-order chi connectivity index (χ0) is 13.7. The largest absolute Gasteiger partial charge is 0.279 e. The molecule has 0 atom stereocenters. The van der Waals surface area contributed by atoms with Gasteiger partial charge in [0.25, 0.3) is 10.1 Å². The lowest BCUT2D eigenvalue weighted by atomic mass is 10.4. The van der Waals surface area contributed by atoms with Crippen LogP contribution in [0, 0.1) is 0 Å². The monoisotopic (exact) mass is 301 g/mol. The van der Waals surface area contributed by atoms with Crippen LogP contribution in [0.25, 0.3) is 5.65 Å². The summed E-state index contributed by atoms with van der Waals surface area (Å²) < 4.78 is 28.1. The normalized spacial score (nSPS) is 12.1. The summed E-state index contributed by atoms with van der Waals surface area (Å²) >= 11 is 1.62. The third-order valence-corrected chi connectivity index (χ3v) is 4.00. The maximum atomic E-state index is 10.8. The van der Waals surface area contributed by atoms with Crippen LogP contribution in [0.3, 0.4) is 0 Å². The molecule has 0 aromatic carbocycles. The summed E-state index contributed by atoms with van der Waals surface area (Å²) in [4.78, 5) is 8.48. The van der Waals surface area contributed by atoms with E-state index in [-0.39, 0.29) is 6.61 Å². The first kappa shape index (κ1) is 14.3. The summed E-state index contributed by atoms with van der Waals surface area (Å²) in [5, 5.41) is 0.888. The van der Waals surface area contributed by atoms with Crippen molar-refractivity contribution in [3.05, 3.63) is 24.7 Å². The zero-order valence-corrected chi connectivity index (χ0v) is 12.2. The second-order valence-electron chi connectivity index (χ2n) is 3.96. The minimum absolute atomic E-state index is 0.238. The van der Waals surface area contributed by atoms with Gasteiger partial charge < -0.3 is 0 Å². The van der Waals surface area contributed by atoms with Crippen LogP contribution >= 0.6 is 11.8 Å². The van der Waals surface area contributed by atoms with E-state index in [2.05, 4.69) is 14.2 Å². The maximum absolute atomic E-state index is 10.8. The van der Waals surface area contributed by atoms with E-state index in [1.54, 1.807) is 24.2 Å². The number of unbranched alkanes of at least 4 members (excludes halogenated alkanes) is 1. The molecule has 0 spiro atoms. The van der Waals surface area contributed by atoms with E-state index in [1.807, 2.05) is 16.7 Å². The fraction of sp³-hybridized carbons (Fsp3) is 0.455. The van der Waals surface area contributed by atoms with Crippen LogP contribution in [-0.4, -0.2) is 41.4 Å². The van der Waals surface area contributed by atoms with Crippen molar-refractivity contribution in [2.75, 3.05) is 18.6 Å². The molecule has 0 aliphatic carbocycles. The highest BCUT2D eigenvalue weighted by Gasteiger charge is 2.03. The number of imidazole rings is 1. The van der Waals surface area contributed by atoms with Gasteiger partial charge in [0.1, 0.15) is 5.65 Å². The highest BCUT2D eigenvalue weighted by Crippen LogP contribution is 2.17. The average Bonchev–Trinajstić information content (AvgIpc) is 2.81. The molecule has 0 aliphatic rings. The Bertz CT molecular complexity index is 639. The molecule has 19 heavy (non-hydrogen) atoms. The molecular weight excluding hydrogens is 286 g/mol. The first-order valence-corrected chi connectivity index (χ1v) is 8.62. The van der Waals surface area contributed by atoms with Crippen molar-refractivity contribution in [3.63, 3.8) is 0 Å². The van der Waals surface area contributed by atoms with Crippen LogP contribution in [0.1, 0.15) is 12.8 Å². The molecule has 0 bridgehead atoms. The Morgan fingerprint density at radius 1 is 1.32 bits per heavy atom. The van der Waals surface area contributed by atoms with Gasteiger partial charge in [-0.25, -0.2) is 9.97 Å². The summed E-state index contributed by atoms with van der Waals surface area (Å²) in [5.74, 6) is 0.859. The van der Waals surface area contributed by atoms with Gasteiger partial charge >= 0.3 is 0 Å². The van der Waals surface area contributed by atoms with E-state index < -0.39 is 10.1 Å². The van der Waals surface area contributed by atoms with Gasteiger partial charge in [0, 0.05) is 24.3 Å². The van der Waals surface area contributed by atoms with Crippen LogP contribution in [0.4, 0.5) is 0 Å². The van der Waals surface area contributed by atoms with Crippen LogP contribution in [-0.2, 0) is 14.3 Å². The highest BCUT2D eigenvalue weighted by molar-refractivity contribution is 7.99. The topological polar surface area (TPSA) is 73.6 Å². The molecular formula is C11H15N3O3S2. The third kappa shape index (κ3) is 4.48. The fourth-order valence-electron chi connectivity index (χ4n) is 1.51. The number of thioether (sulfide) groups is 1. The lowest BCUT2D eigenvalue weighted by Gasteiger charge is -2.04. The van der Waals surface area contributed by atoms with Gasteiger partial charge in [-0.15, -0.1) is 0 Å². The zero-order valence-electron chi connectivity index (χ0n) is 10.5. The molecule has 2 heterocycles. The lowest BCUT2D eigenvalue weighted by molar-refractivity contribution is 0.315. The number of nitrogens with zero attached hydrogens (tertiary/aromatic N) is 3. The smallest absolute Gasteiger partial charge is 0.264 e. The molecule has 8 heteroatoms. The Kier molecular flexibility index (Phi) is 4.78. The lowest BCUT2D eigenvalue weighted by Crippen LogP contribution is -2.04. The molecule has 2 rings (SSSR count). The molecule has 0 N–H and O–H groups in total. The molecule has 0 saturated heterocycles. The van der Waals surface area contributed by atoms with Gasteiger partial charge in [0.05, 0.1) is 12.9 Å². The Morgan fingerprint density at radius 3 is 2.95 bits per heavy atom. The fourth-order valence-corrected chi connectivity index (χ4v) is 2.90. The standard InChI is InChI=1S/C11H15N3O3S2/c1-19(15,16)17-8-2-3-9-18-11-13-5-4-10-12-6-7-14(10)11/h4-7H,2-3,8-9H2,1H3. The van der Waals surface area contributed by atoms with Crippen molar-refractivity contribution in [2.45, 2.75) is 18.0 Å². The summed E-state index contributed by atoms with van der Waals surface area (Å²) in [5.41, 5.74) is 0.873. The van der Waals surface area contributed by atoms with Gasteiger partial charge in [0.2, 0.25) is 0 Å². The average molecular weight is 301 g/mol. The summed E-state index contributed by atoms with van der Waals surface area (Å²) in [7, 11) is -3.32. The number of hydrogen-bond donors (Lipinski definition) is 0. The number of aromatic nitrogens is 3. The first-order chi connectivity index (χ1) is 9.06.